The van der Waals surface area contributed by atoms with E-state index in [-0.39, 0.29) is 6.61 Å². The fourth-order valence-corrected chi connectivity index (χ4v) is 2.68. The van der Waals surface area contributed by atoms with Gasteiger partial charge in [-0.15, -0.1) is 0 Å². The highest BCUT2D eigenvalue weighted by Crippen LogP contribution is 2.23. The minimum atomic E-state index is 0.0712. The number of aliphatic hydroxyl groups excluding tert-OH is 1. The van der Waals surface area contributed by atoms with Crippen molar-refractivity contribution < 1.29 is 9.84 Å². The first-order chi connectivity index (χ1) is 11.7. The molecule has 126 valence electrons. The number of rotatable bonds is 7. The van der Waals surface area contributed by atoms with Gasteiger partial charge in [-0.1, -0.05) is 18.2 Å². The van der Waals surface area contributed by atoms with Crippen molar-refractivity contribution in [1.82, 2.24) is 9.55 Å². The number of para-hydroxylation sites is 1. The molecule has 0 radical (unpaired) electrons. The standard InChI is InChI=1S/C19H23N3O2/c1-14-12-17-18(13-15(14)2)22(19(21-17)20-8-10-23)9-11-24-16-6-4-3-5-7-16/h3-7,12-13,23H,8-11H2,1-2H3,(H,20,21). The molecule has 5 nitrogen and oxygen atoms in total. The number of fused-ring (bicyclic) bond motifs is 1. The summed E-state index contributed by atoms with van der Waals surface area (Å²) >= 11 is 0. The molecule has 5 heteroatoms. The summed E-state index contributed by atoms with van der Waals surface area (Å²) in [5.41, 5.74) is 4.50. The van der Waals surface area contributed by atoms with E-state index in [0.717, 1.165) is 22.7 Å². The maximum Gasteiger partial charge on any atom is 0.204 e. The molecule has 0 bridgehead atoms. The summed E-state index contributed by atoms with van der Waals surface area (Å²) in [5.74, 6) is 1.62. The van der Waals surface area contributed by atoms with Crippen LogP contribution in [0.3, 0.4) is 0 Å². The summed E-state index contributed by atoms with van der Waals surface area (Å²) in [7, 11) is 0. The van der Waals surface area contributed by atoms with Gasteiger partial charge in [0.05, 0.1) is 24.2 Å². The maximum atomic E-state index is 9.08. The first-order valence-corrected chi connectivity index (χ1v) is 8.19. The van der Waals surface area contributed by atoms with Crippen LogP contribution in [0.5, 0.6) is 5.75 Å². The number of hydrogen-bond donors (Lipinski definition) is 2. The average Bonchev–Trinajstić information content (AvgIpc) is 2.91. The number of imidazole rings is 1. The molecule has 0 unspecified atom stereocenters. The van der Waals surface area contributed by atoms with Crippen molar-refractivity contribution in [2.75, 3.05) is 25.1 Å². The number of benzene rings is 2. The van der Waals surface area contributed by atoms with E-state index in [9.17, 15) is 0 Å². The molecular formula is C19H23N3O2. The number of aliphatic hydroxyl groups is 1. The van der Waals surface area contributed by atoms with E-state index < -0.39 is 0 Å². The zero-order valence-corrected chi connectivity index (χ0v) is 14.1. The molecule has 0 aliphatic carbocycles. The zero-order valence-electron chi connectivity index (χ0n) is 14.1. The molecule has 0 aliphatic rings. The lowest BCUT2D eigenvalue weighted by Gasteiger charge is -2.12. The van der Waals surface area contributed by atoms with Crippen molar-refractivity contribution in [3.63, 3.8) is 0 Å². The van der Waals surface area contributed by atoms with Gasteiger partial charge in [-0.2, -0.15) is 0 Å². The highest BCUT2D eigenvalue weighted by molar-refractivity contribution is 5.80. The van der Waals surface area contributed by atoms with E-state index in [1.54, 1.807) is 0 Å². The third kappa shape index (κ3) is 3.51. The Hall–Kier alpha value is -2.53. The molecule has 1 aromatic heterocycles. The summed E-state index contributed by atoms with van der Waals surface area (Å²) < 4.78 is 7.93. The van der Waals surface area contributed by atoms with Crippen molar-refractivity contribution in [3.8, 4) is 5.75 Å². The number of ether oxygens (including phenoxy) is 1. The Kier molecular flexibility index (Phi) is 5.01. The lowest BCUT2D eigenvalue weighted by atomic mass is 10.1. The summed E-state index contributed by atoms with van der Waals surface area (Å²) in [6.45, 7) is 5.97. The van der Waals surface area contributed by atoms with E-state index >= 15 is 0 Å². The third-order valence-electron chi connectivity index (χ3n) is 4.09. The summed E-state index contributed by atoms with van der Waals surface area (Å²) in [6.07, 6.45) is 0. The number of nitrogens with one attached hydrogen (secondary N) is 1. The smallest absolute Gasteiger partial charge is 0.204 e. The second-order valence-corrected chi connectivity index (χ2v) is 5.82. The number of anilines is 1. The van der Waals surface area contributed by atoms with Crippen molar-refractivity contribution in [1.29, 1.82) is 0 Å². The van der Waals surface area contributed by atoms with Crippen LogP contribution in [0.15, 0.2) is 42.5 Å². The normalized spacial score (nSPS) is 11.0. The van der Waals surface area contributed by atoms with Crippen LogP contribution in [-0.2, 0) is 6.54 Å². The first kappa shape index (κ1) is 16.3. The molecule has 2 N–H and O–H groups in total. The molecule has 0 fully saturated rings. The molecule has 0 atom stereocenters. The number of hydrogen-bond acceptors (Lipinski definition) is 4. The second-order valence-electron chi connectivity index (χ2n) is 5.82. The Balaban J connectivity index is 1.84. The molecule has 0 amide bonds. The van der Waals surface area contributed by atoms with E-state index in [1.807, 2.05) is 30.3 Å². The Morgan fingerprint density at radius 2 is 1.88 bits per heavy atom. The van der Waals surface area contributed by atoms with Crippen LogP contribution >= 0.6 is 0 Å². The van der Waals surface area contributed by atoms with Crippen LogP contribution in [0.1, 0.15) is 11.1 Å². The van der Waals surface area contributed by atoms with E-state index in [0.29, 0.717) is 19.7 Å². The SMILES string of the molecule is Cc1cc2nc(NCCO)n(CCOc3ccccc3)c2cc1C. The Bertz CT molecular complexity index is 812. The van der Waals surface area contributed by atoms with Crippen LogP contribution in [0.25, 0.3) is 11.0 Å². The lowest BCUT2D eigenvalue weighted by molar-refractivity contribution is 0.299. The molecule has 24 heavy (non-hydrogen) atoms. The fourth-order valence-electron chi connectivity index (χ4n) is 2.68. The van der Waals surface area contributed by atoms with Crippen molar-refractivity contribution in [2.24, 2.45) is 0 Å². The van der Waals surface area contributed by atoms with Gasteiger partial charge in [0.2, 0.25) is 5.95 Å². The Morgan fingerprint density at radius 3 is 2.62 bits per heavy atom. The molecule has 0 spiro atoms. The van der Waals surface area contributed by atoms with Gasteiger partial charge in [-0.05, 0) is 49.2 Å². The molecule has 0 saturated heterocycles. The molecule has 2 aromatic carbocycles. The van der Waals surface area contributed by atoms with Gasteiger partial charge in [-0.25, -0.2) is 4.98 Å². The quantitative estimate of drug-likeness (QED) is 0.701. The van der Waals surface area contributed by atoms with Crippen LogP contribution in [0.4, 0.5) is 5.95 Å². The maximum absolute atomic E-state index is 9.08. The summed E-state index contributed by atoms with van der Waals surface area (Å²) in [5, 5.41) is 12.3. The second kappa shape index (κ2) is 7.36. The van der Waals surface area contributed by atoms with Crippen LogP contribution in [0, 0.1) is 13.8 Å². The molecule has 0 aliphatic heterocycles. The van der Waals surface area contributed by atoms with Gasteiger partial charge < -0.3 is 19.7 Å². The van der Waals surface area contributed by atoms with Gasteiger partial charge in [0.1, 0.15) is 12.4 Å². The van der Waals surface area contributed by atoms with Crippen LogP contribution in [0.2, 0.25) is 0 Å². The number of nitrogens with zero attached hydrogens (tertiary/aromatic N) is 2. The Labute approximate surface area is 141 Å². The van der Waals surface area contributed by atoms with E-state index in [2.05, 4.69) is 40.8 Å². The molecular weight excluding hydrogens is 302 g/mol. The van der Waals surface area contributed by atoms with Crippen molar-refractivity contribution in [3.05, 3.63) is 53.6 Å². The first-order valence-electron chi connectivity index (χ1n) is 8.19. The van der Waals surface area contributed by atoms with Gasteiger partial charge in [-0.3, -0.25) is 0 Å². The number of aromatic nitrogens is 2. The third-order valence-corrected chi connectivity index (χ3v) is 4.09. The highest BCUT2D eigenvalue weighted by Gasteiger charge is 2.12. The minimum absolute atomic E-state index is 0.0712. The van der Waals surface area contributed by atoms with E-state index in [4.69, 9.17) is 9.84 Å². The summed E-state index contributed by atoms with van der Waals surface area (Å²) in [6, 6.07) is 14.0. The van der Waals surface area contributed by atoms with Crippen molar-refractivity contribution >= 4 is 17.0 Å². The predicted octanol–water partition coefficient (Wildman–Crippen LogP) is 3.14. The molecule has 3 rings (SSSR count). The van der Waals surface area contributed by atoms with Gasteiger partial charge >= 0.3 is 0 Å². The summed E-state index contributed by atoms with van der Waals surface area (Å²) in [4.78, 5) is 4.66. The van der Waals surface area contributed by atoms with Crippen LogP contribution < -0.4 is 10.1 Å². The highest BCUT2D eigenvalue weighted by atomic mass is 16.5. The monoisotopic (exact) mass is 325 g/mol. The molecule has 3 aromatic rings. The Morgan fingerprint density at radius 1 is 1.12 bits per heavy atom. The van der Waals surface area contributed by atoms with Gasteiger partial charge in [0.15, 0.2) is 0 Å². The minimum Gasteiger partial charge on any atom is -0.492 e. The van der Waals surface area contributed by atoms with Crippen LogP contribution in [-0.4, -0.2) is 34.4 Å². The average molecular weight is 325 g/mol. The largest absolute Gasteiger partial charge is 0.492 e. The zero-order chi connectivity index (χ0) is 16.9. The fraction of sp³-hybridized carbons (Fsp3) is 0.316. The lowest BCUT2D eigenvalue weighted by Crippen LogP contribution is -2.14. The van der Waals surface area contributed by atoms with E-state index in [1.165, 1.54) is 11.1 Å². The molecule has 1 heterocycles. The predicted molar refractivity (Wildman–Crippen MR) is 96.7 cm³/mol. The topological polar surface area (TPSA) is 59.3 Å². The van der Waals surface area contributed by atoms with Crippen molar-refractivity contribution in [2.45, 2.75) is 20.4 Å². The van der Waals surface area contributed by atoms with Gasteiger partial charge in [0, 0.05) is 6.54 Å². The number of aryl methyl sites for hydroxylation is 2. The molecule has 0 saturated carbocycles. The van der Waals surface area contributed by atoms with Gasteiger partial charge in [0.25, 0.3) is 0 Å².